The van der Waals surface area contributed by atoms with Gasteiger partial charge < -0.3 is 10.5 Å². The molecule has 0 radical (unpaired) electrons. The molecule has 88 valence electrons. The molecule has 0 fully saturated rings. The summed E-state index contributed by atoms with van der Waals surface area (Å²) in [6, 6.07) is 5.53. The van der Waals surface area contributed by atoms with Gasteiger partial charge >= 0.3 is 0 Å². The molecule has 1 aromatic carbocycles. The van der Waals surface area contributed by atoms with Gasteiger partial charge in [-0.1, -0.05) is 31.5 Å². The fourth-order valence-corrected chi connectivity index (χ4v) is 1.46. The lowest BCUT2D eigenvalue weighted by atomic mass is 10.2. The van der Waals surface area contributed by atoms with Crippen molar-refractivity contribution in [3.63, 3.8) is 0 Å². The van der Waals surface area contributed by atoms with E-state index < -0.39 is 0 Å². The number of rotatable bonds is 4. The Morgan fingerprint density at radius 3 is 2.75 bits per heavy atom. The predicted octanol–water partition coefficient (Wildman–Crippen LogP) is 2.86. The second kappa shape index (κ2) is 5.75. The largest absolute Gasteiger partial charge is 0.496 e. The van der Waals surface area contributed by atoms with Crippen LogP contribution in [0.5, 0.6) is 5.75 Å². The van der Waals surface area contributed by atoms with Crippen molar-refractivity contribution >= 4 is 17.4 Å². The number of hydrogen-bond donors (Lipinski definition) is 1. The van der Waals surface area contributed by atoms with E-state index in [0.717, 1.165) is 11.3 Å². The smallest absolute Gasteiger partial charge is 0.125 e. The van der Waals surface area contributed by atoms with Crippen LogP contribution in [-0.2, 0) is 6.54 Å². The van der Waals surface area contributed by atoms with Gasteiger partial charge in [0.1, 0.15) is 5.75 Å². The van der Waals surface area contributed by atoms with Crippen LogP contribution in [0, 0.1) is 5.92 Å². The first kappa shape index (κ1) is 12.8. The minimum Gasteiger partial charge on any atom is -0.496 e. The molecule has 4 heteroatoms. The van der Waals surface area contributed by atoms with Gasteiger partial charge in [0.15, 0.2) is 0 Å². The number of hydrogen-bond acceptors (Lipinski definition) is 2. The average molecular weight is 241 g/mol. The van der Waals surface area contributed by atoms with Crippen molar-refractivity contribution in [1.29, 1.82) is 0 Å². The van der Waals surface area contributed by atoms with Gasteiger partial charge in [-0.25, -0.2) is 0 Å². The van der Waals surface area contributed by atoms with Gasteiger partial charge in [0.05, 0.1) is 19.5 Å². The Kier molecular flexibility index (Phi) is 4.62. The van der Waals surface area contributed by atoms with Crippen molar-refractivity contribution in [2.24, 2.45) is 16.6 Å². The maximum absolute atomic E-state index is 6.08. The minimum atomic E-state index is 0.244. The van der Waals surface area contributed by atoms with E-state index in [1.165, 1.54) is 0 Å². The lowest BCUT2D eigenvalue weighted by Crippen LogP contribution is -2.18. The van der Waals surface area contributed by atoms with E-state index in [9.17, 15) is 0 Å². The third kappa shape index (κ3) is 3.14. The van der Waals surface area contributed by atoms with Crippen molar-refractivity contribution in [3.8, 4) is 5.75 Å². The van der Waals surface area contributed by atoms with E-state index in [1.54, 1.807) is 7.11 Å². The molecule has 0 aliphatic rings. The highest BCUT2D eigenvalue weighted by Gasteiger charge is 2.07. The molecule has 0 heterocycles. The predicted molar refractivity (Wildman–Crippen MR) is 68.2 cm³/mol. The fraction of sp³-hybridized carbons (Fsp3) is 0.417. The van der Waals surface area contributed by atoms with Gasteiger partial charge in [0.2, 0.25) is 0 Å². The Balaban J connectivity index is 2.92. The molecule has 1 aromatic rings. The molecule has 0 unspecified atom stereocenters. The Labute approximate surface area is 101 Å². The van der Waals surface area contributed by atoms with Gasteiger partial charge in [-0.2, -0.15) is 0 Å². The normalized spacial score (nSPS) is 11.9. The monoisotopic (exact) mass is 240 g/mol. The summed E-state index contributed by atoms with van der Waals surface area (Å²) in [4.78, 5) is 4.29. The first-order chi connectivity index (χ1) is 7.56. The van der Waals surface area contributed by atoms with E-state index in [2.05, 4.69) is 4.99 Å². The number of methoxy groups -OCH3 is 1. The maximum atomic E-state index is 6.08. The number of aliphatic imine (C=N–C) groups is 1. The number of nitrogens with two attached hydrogens (primary N) is 1. The summed E-state index contributed by atoms with van der Waals surface area (Å²) in [7, 11) is 1.62. The zero-order valence-electron chi connectivity index (χ0n) is 9.83. The van der Waals surface area contributed by atoms with Crippen LogP contribution < -0.4 is 10.5 Å². The van der Waals surface area contributed by atoms with Crippen LogP contribution in [0.4, 0.5) is 0 Å². The van der Waals surface area contributed by atoms with Crippen LogP contribution in [0.15, 0.2) is 23.2 Å². The summed E-state index contributed by atoms with van der Waals surface area (Å²) in [5.74, 6) is 1.61. The number of ether oxygens (including phenoxy) is 1. The van der Waals surface area contributed by atoms with Crippen LogP contribution in [0.3, 0.4) is 0 Å². The molecule has 0 amide bonds. The van der Waals surface area contributed by atoms with Crippen LogP contribution in [-0.4, -0.2) is 12.9 Å². The topological polar surface area (TPSA) is 47.6 Å². The zero-order valence-corrected chi connectivity index (χ0v) is 10.6. The molecule has 1 rings (SSSR count). The molecule has 0 aromatic heterocycles. The molecule has 3 nitrogen and oxygen atoms in total. The van der Waals surface area contributed by atoms with Crippen LogP contribution in [0.25, 0.3) is 0 Å². The van der Waals surface area contributed by atoms with Gasteiger partial charge in [0.25, 0.3) is 0 Å². The third-order valence-electron chi connectivity index (χ3n) is 2.31. The SMILES string of the molecule is COc1cccc(Cl)c1CN=C(N)C(C)C. The quantitative estimate of drug-likeness (QED) is 0.650. The summed E-state index contributed by atoms with van der Waals surface area (Å²) >= 11 is 6.08. The molecule has 2 N–H and O–H groups in total. The van der Waals surface area contributed by atoms with Crippen molar-refractivity contribution in [2.75, 3.05) is 7.11 Å². The van der Waals surface area contributed by atoms with Gasteiger partial charge in [-0.05, 0) is 12.1 Å². The summed E-state index contributed by atoms with van der Waals surface area (Å²) in [5, 5.41) is 0.652. The van der Waals surface area contributed by atoms with Crippen LogP contribution >= 0.6 is 11.6 Å². The first-order valence-electron chi connectivity index (χ1n) is 5.17. The highest BCUT2D eigenvalue weighted by Crippen LogP contribution is 2.26. The molecule has 0 atom stereocenters. The van der Waals surface area contributed by atoms with Crippen LogP contribution in [0.1, 0.15) is 19.4 Å². The fourth-order valence-electron chi connectivity index (χ4n) is 1.24. The number of halogens is 1. The van der Waals surface area contributed by atoms with Crippen molar-refractivity contribution < 1.29 is 4.74 Å². The Morgan fingerprint density at radius 1 is 1.50 bits per heavy atom. The van der Waals surface area contributed by atoms with Gasteiger partial charge in [-0.15, -0.1) is 0 Å². The second-order valence-corrected chi connectivity index (χ2v) is 4.22. The van der Waals surface area contributed by atoms with Crippen LogP contribution in [0.2, 0.25) is 5.02 Å². The summed E-state index contributed by atoms with van der Waals surface area (Å²) in [6.07, 6.45) is 0. The maximum Gasteiger partial charge on any atom is 0.125 e. The van der Waals surface area contributed by atoms with E-state index >= 15 is 0 Å². The number of nitrogens with zero attached hydrogens (tertiary/aromatic N) is 1. The molecule has 0 aliphatic heterocycles. The standard InChI is InChI=1S/C12H17ClN2O/c1-8(2)12(14)15-7-9-10(13)5-4-6-11(9)16-3/h4-6,8H,7H2,1-3H3,(H2,14,15). The Hall–Kier alpha value is -1.22. The average Bonchev–Trinajstić information content (AvgIpc) is 2.26. The van der Waals surface area contributed by atoms with E-state index in [1.807, 2.05) is 32.0 Å². The Bertz CT molecular complexity index is 389. The van der Waals surface area contributed by atoms with Crippen molar-refractivity contribution in [1.82, 2.24) is 0 Å². The number of amidine groups is 1. The molecular weight excluding hydrogens is 224 g/mol. The molecule has 0 saturated carbocycles. The molecule has 0 bridgehead atoms. The van der Waals surface area contributed by atoms with Gasteiger partial charge in [-0.3, -0.25) is 4.99 Å². The summed E-state index contributed by atoms with van der Waals surface area (Å²) < 4.78 is 5.22. The summed E-state index contributed by atoms with van der Waals surface area (Å²) in [5.41, 5.74) is 6.64. The van der Waals surface area contributed by atoms with Gasteiger partial charge in [0, 0.05) is 16.5 Å². The molecule has 16 heavy (non-hydrogen) atoms. The third-order valence-corrected chi connectivity index (χ3v) is 2.66. The second-order valence-electron chi connectivity index (χ2n) is 3.82. The lowest BCUT2D eigenvalue weighted by molar-refractivity contribution is 0.410. The van der Waals surface area contributed by atoms with Crippen molar-refractivity contribution in [3.05, 3.63) is 28.8 Å². The molecular formula is C12H17ClN2O. The highest BCUT2D eigenvalue weighted by atomic mass is 35.5. The van der Waals surface area contributed by atoms with E-state index in [0.29, 0.717) is 17.4 Å². The van der Waals surface area contributed by atoms with Crippen molar-refractivity contribution in [2.45, 2.75) is 20.4 Å². The first-order valence-corrected chi connectivity index (χ1v) is 5.55. The highest BCUT2D eigenvalue weighted by molar-refractivity contribution is 6.31. The summed E-state index contributed by atoms with van der Waals surface area (Å²) in [6.45, 7) is 4.46. The molecule has 0 aliphatic carbocycles. The number of benzene rings is 1. The Morgan fingerprint density at radius 2 is 2.19 bits per heavy atom. The molecule has 0 spiro atoms. The van der Waals surface area contributed by atoms with E-state index in [4.69, 9.17) is 22.1 Å². The zero-order chi connectivity index (χ0) is 12.1. The lowest BCUT2D eigenvalue weighted by Gasteiger charge is -2.09. The minimum absolute atomic E-state index is 0.244. The molecule has 0 saturated heterocycles. The van der Waals surface area contributed by atoms with E-state index in [-0.39, 0.29) is 5.92 Å².